The summed E-state index contributed by atoms with van der Waals surface area (Å²) in [5.74, 6) is 0. The lowest BCUT2D eigenvalue weighted by atomic mass is 10.0. The lowest BCUT2D eigenvalue weighted by molar-refractivity contribution is -0.162. The summed E-state index contributed by atoms with van der Waals surface area (Å²) in [5.41, 5.74) is 1.37. The normalized spacial score (nSPS) is 23.8. The van der Waals surface area contributed by atoms with Crippen LogP contribution in [0.1, 0.15) is 96.0 Å². The van der Waals surface area contributed by atoms with Crippen molar-refractivity contribution in [3.8, 4) is 0 Å². The van der Waals surface area contributed by atoms with Crippen molar-refractivity contribution >= 4 is 0 Å². The molecule has 0 aromatic heterocycles. The fourth-order valence-electron chi connectivity index (χ4n) is 4.63. The van der Waals surface area contributed by atoms with Crippen LogP contribution in [0.25, 0.3) is 0 Å². The van der Waals surface area contributed by atoms with Gasteiger partial charge in [0.15, 0.2) is 6.29 Å². The molecule has 32 heavy (non-hydrogen) atoms. The Morgan fingerprint density at radius 2 is 1.72 bits per heavy atom. The van der Waals surface area contributed by atoms with Gasteiger partial charge in [-0.2, -0.15) is 0 Å². The van der Waals surface area contributed by atoms with Gasteiger partial charge in [0.25, 0.3) is 0 Å². The molecule has 3 rings (SSSR count). The van der Waals surface area contributed by atoms with Gasteiger partial charge in [0, 0.05) is 19.8 Å². The standard InChI is InChI=1S/C28H46O4/c1-2-3-4-5-6-11-20-29-25(23-24-14-8-7-9-15-24)18-19-27-26(32-27)16-13-22-31-28-17-10-12-21-30-28/h7-9,14-15,25-28H,2-6,10-13,16-23H2,1H3/t25?,26-,27+,28?/m0/s1. The summed E-state index contributed by atoms with van der Waals surface area (Å²) in [5, 5.41) is 0. The monoisotopic (exact) mass is 446 g/mol. The molecule has 2 aliphatic rings. The summed E-state index contributed by atoms with van der Waals surface area (Å²) in [6, 6.07) is 10.8. The first kappa shape index (κ1) is 25.7. The summed E-state index contributed by atoms with van der Waals surface area (Å²) in [6.07, 6.45) is 17.8. The molecule has 0 amide bonds. The highest BCUT2D eigenvalue weighted by atomic mass is 16.7. The average Bonchev–Trinajstić information content (AvgIpc) is 3.59. The van der Waals surface area contributed by atoms with E-state index < -0.39 is 0 Å². The third-order valence-corrected chi connectivity index (χ3v) is 6.69. The summed E-state index contributed by atoms with van der Waals surface area (Å²) >= 11 is 0. The van der Waals surface area contributed by atoms with Gasteiger partial charge in [-0.05, 0) is 63.4 Å². The molecule has 4 atom stereocenters. The number of benzene rings is 1. The number of rotatable bonds is 18. The molecule has 2 aliphatic heterocycles. The maximum atomic E-state index is 6.34. The van der Waals surface area contributed by atoms with Gasteiger partial charge in [-0.3, -0.25) is 0 Å². The summed E-state index contributed by atoms with van der Waals surface area (Å²) in [7, 11) is 0. The molecule has 0 aliphatic carbocycles. The SMILES string of the molecule is CCCCCCCCOC(CC[C@H]1O[C@H]1CCCOC1CCCCO1)Cc1ccccc1. The van der Waals surface area contributed by atoms with Gasteiger partial charge < -0.3 is 18.9 Å². The molecule has 0 N–H and O–H groups in total. The minimum Gasteiger partial charge on any atom is -0.378 e. The van der Waals surface area contributed by atoms with Crippen molar-refractivity contribution in [2.24, 2.45) is 0 Å². The van der Waals surface area contributed by atoms with Gasteiger partial charge in [-0.25, -0.2) is 0 Å². The predicted molar refractivity (Wildman–Crippen MR) is 130 cm³/mol. The van der Waals surface area contributed by atoms with Crippen molar-refractivity contribution in [1.82, 2.24) is 0 Å². The predicted octanol–water partition coefficient (Wildman–Crippen LogP) is 6.85. The van der Waals surface area contributed by atoms with Crippen molar-refractivity contribution in [3.05, 3.63) is 35.9 Å². The molecule has 2 heterocycles. The Morgan fingerprint density at radius 3 is 2.53 bits per heavy atom. The lowest BCUT2D eigenvalue weighted by Gasteiger charge is -2.22. The Morgan fingerprint density at radius 1 is 0.906 bits per heavy atom. The third-order valence-electron chi connectivity index (χ3n) is 6.69. The fraction of sp³-hybridized carbons (Fsp3) is 0.786. The molecule has 2 saturated heterocycles. The Labute approximate surface area is 196 Å². The molecule has 1 aromatic carbocycles. The van der Waals surface area contributed by atoms with E-state index >= 15 is 0 Å². The van der Waals surface area contributed by atoms with Crippen molar-refractivity contribution in [2.75, 3.05) is 19.8 Å². The van der Waals surface area contributed by atoms with Crippen molar-refractivity contribution in [3.63, 3.8) is 0 Å². The smallest absolute Gasteiger partial charge is 0.157 e. The van der Waals surface area contributed by atoms with Crippen LogP contribution >= 0.6 is 0 Å². The van der Waals surface area contributed by atoms with Crippen LogP contribution in [0.5, 0.6) is 0 Å². The molecular weight excluding hydrogens is 400 g/mol. The van der Waals surface area contributed by atoms with Crippen LogP contribution in [0.15, 0.2) is 30.3 Å². The molecule has 0 saturated carbocycles. The molecule has 4 nitrogen and oxygen atoms in total. The number of epoxide rings is 1. The number of hydrogen-bond acceptors (Lipinski definition) is 4. The van der Waals surface area contributed by atoms with Crippen LogP contribution in [-0.2, 0) is 25.4 Å². The first-order valence-corrected chi connectivity index (χ1v) is 13.4. The molecule has 2 fully saturated rings. The van der Waals surface area contributed by atoms with E-state index in [1.54, 1.807) is 0 Å². The van der Waals surface area contributed by atoms with E-state index in [9.17, 15) is 0 Å². The van der Waals surface area contributed by atoms with Crippen LogP contribution in [0.3, 0.4) is 0 Å². The van der Waals surface area contributed by atoms with Crippen molar-refractivity contribution < 1.29 is 18.9 Å². The highest BCUT2D eigenvalue weighted by Gasteiger charge is 2.37. The zero-order chi connectivity index (χ0) is 22.3. The van der Waals surface area contributed by atoms with Crippen LogP contribution in [0, 0.1) is 0 Å². The minimum atomic E-state index is 0.0298. The molecule has 182 valence electrons. The Hall–Kier alpha value is -0.940. The summed E-state index contributed by atoms with van der Waals surface area (Å²) < 4.78 is 23.8. The highest BCUT2D eigenvalue weighted by molar-refractivity contribution is 5.15. The van der Waals surface area contributed by atoms with Crippen LogP contribution in [-0.4, -0.2) is 44.4 Å². The summed E-state index contributed by atoms with van der Waals surface area (Å²) in [4.78, 5) is 0. The zero-order valence-electron chi connectivity index (χ0n) is 20.3. The lowest BCUT2D eigenvalue weighted by Crippen LogP contribution is -2.22. The molecule has 1 aromatic rings. The molecular formula is C28H46O4. The van der Waals surface area contributed by atoms with E-state index in [1.807, 2.05) is 0 Å². The van der Waals surface area contributed by atoms with E-state index in [2.05, 4.69) is 37.3 Å². The second kappa shape index (κ2) is 15.8. The third kappa shape index (κ3) is 10.8. The minimum absolute atomic E-state index is 0.0298. The van der Waals surface area contributed by atoms with Gasteiger partial charge in [0.05, 0.1) is 18.3 Å². The second-order valence-electron chi connectivity index (χ2n) is 9.55. The molecule has 0 radical (unpaired) electrons. The number of unbranched alkanes of at least 4 members (excludes halogenated alkanes) is 5. The van der Waals surface area contributed by atoms with E-state index in [0.717, 1.165) is 58.3 Å². The molecule has 0 bridgehead atoms. The van der Waals surface area contributed by atoms with Crippen molar-refractivity contribution in [2.45, 2.75) is 121 Å². The number of hydrogen-bond donors (Lipinski definition) is 0. The Bertz CT molecular complexity index is 572. The van der Waals surface area contributed by atoms with Crippen LogP contribution in [0.2, 0.25) is 0 Å². The van der Waals surface area contributed by atoms with Gasteiger partial charge in [-0.15, -0.1) is 0 Å². The van der Waals surface area contributed by atoms with Gasteiger partial charge in [-0.1, -0.05) is 69.4 Å². The topological polar surface area (TPSA) is 40.2 Å². The Kier molecular flexibility index (Phi) is 12.7. The second-order valence-corrected chi connectivity index (χ2v) is 9.55. The highest BCUT2D eigenvalue weighted by Crippen LogP contribution is 2.31. The average molecular weight is 447 g/mol. The first-order chi connectivity index (χ1) is 15.8. The Balaban J connectivity index is 1.28. The van der Waals surface area contributed by atoms with Gasteiger partial charge >= 0.3 is 0 Å². The zero-order valence-corrected chi connectivity index (χ0v) is 20.3. The maximum absolute atomic E-state index is 6.34. The molecule has 2 unspecified atom stereocenters. The van der Waals surface area contributed by atoms with Crippen LogP contribution in [0.4, 0.5) is 0 Å². The molecule has 4 heteroatoms. The number of ether oxygens (including phenoxy) is 4. The quantitative estimate of drug-likeness (QED) is 0.183. The van der Waals surface area contributed by atoms with Crippen molar-refractivity contribution in [1.29, 1.82) is 0 Å². The van der Waals surface area contributed by atoms with Gasteiger partial charge in [0.2, 0.25) is 0 Å². The maximum Gasteiger partial charge on any atom is 0.157 e. The summed E-state index contributed by atoms with van der Waals surface area (Å²) in [6.45, 7) is 4.80. The van der Waals surface area contributed by atoms with E-state index in [0.29, 0.717) is 18.3 Å². The van der Waals surface area contributed by atoms with E-state index in [-0.39, 0.29) is 6.29 Å². The van der Waals surface area contributed by atoms with E-state index in [1.165, 1.54) is 56.9 Å². The molecule has 0 spiro atoms. The first-order valence-electron chi connectivity index (χ1n) is 13.4. The van der Waals surface area contributed by atoms with Crippen LogP contribution < -0.4 is 0 Å². The fourth-order valence-corrected chi connectivity index (χ4v) is 4.63. The van der Waals surface area contributed by atoms with Gasteiger partial charge in [0.1, 0.15) is 0 Å². The largest absolute Gasteiger partial charge is 0.378 e. The van der Waals surface area contributed by atoms with E-state index in [4.69, 9.17) is 18.9 Å².